The van der Waals surface area contributed by atoms with Crippen molar-refractivity contribution in [2.24, 2.45) is 0 Å². The molecule has 1 atom stereocenters. The molecular weight excluding hydrogens is 397 g/mol. The number of carbonyl (C=O) groups is 1. The zero-order valence-electron chi connectivity index (χ0n) is 14.9. The molecule has 1 aliphatic carbocycles. The van der Waals surface area contributed by atoms with E-state index in [1.165, 1.54) is 6.20 Å². The Balaban J connectivity index is 1.49. The van der Waals surface area contributed by atoms with Crippen LogP contribution < -0.4 is 10.2 Å². The van der Waals surface area contributed by atoms with Crippen molar-refractivity contribution in [2.45, 2.75) is 50.0 Å². The van der Waals surface area contributed by atoms with Crippen molar-refractivity contribution in [1.82, 2.24) is 15.3 Å². The first kappa shape index (κ1) is 19.2. The van der Waals surface area contributed by atoms with Crippen LogP contribution in [0.3, 0.4) is 0 Å². The lowest BCUT2D eigenvalue weighted by molar-refractivity contribution is -0.291. The van der Waals surface area contributed by atoms with Crippen molar-refractivity contribution in [2.75, 3.05) is 11.4 Å². The quantitative estimate of drug-likeness (QED) is 0.807. The first-order valence-corrected chi connectivity index (χ1v) is 9.28. The summed E-state index contributed by atoms with van der Waals surface area (Å²) in [5.74, 6) is 0.0960. The monoisotopic (exact) mass is 414 g/mol. The molecular formula is C18H18ClF3N4O2. The van der Waals surface area contributed by atoms with Gasteiger partial charge >= 0.3 is 6.18 Å². The molecule has 2 aromatic rings. The minimum absolute atomic E-state index is 0.192. The number of nitrogens with one attached hydrogen (secondary N) is 1. The topological polar surface area (TPSA) is 78.4 Å². The molecule has 10 heteroatoms. The van der Waals surface area contributed by atoms with E-state index in [9.17, 15) is 23.1 Å². The number of pyridine rings is 2. The summed E-state index contributed by atoms with van der Waals surface area (Å²) in [5, 5.41) is 13.0. The van der Waals surface area contributed by atoms with Crippen molar-refractivity contribution in [1.29, 1.82) is 0 Å². The molecule has 6 nitrogen and oxygen atoms in total. The fourth-order valence-electron chi connectivity index (χ4n) is 3.54. The lowest BCUT2D eigenvalue weighted by Crippen LogP contribution is -2.62. The third-order valence-corrected chi connectivity index (χ3v) is 5.77. The summed E-state index contributed by atoms with van der Waals surface area (Å²) in [6, 6.07) is 2.84. The van der Waals surface area contributed by atoms with Gasteiger partial charge in [-0.2, -0.15) is 13.2 Å². The van der Waals surface area contributed by atoms with Crippen molar-refractivity contribution >= 4 is 34.4 Å². The fraction of sp³-hybridized carbons (Fsp3) is 0.500. The smallest absolute Gasteiger partial charge is 0.380 e. The summed E-state index contributed by atoms with van der Waals surface area (Å²) < 4.78 is 38.0. The van der Waals surface area contributed by atoms with Gasteiger partial charge in [-0.3, -0.25) is 4.79 Å². The highest BCUT2D eigenvalue weighted by atomic mass is 35.5. The fourth-order valence-corrected chi connectivity index (χ4v) is 3.81. The van der Waals surface area contributed by atoms with Crippen LogP contribution in [-0.4, -0.2) is 51.4 Å². The number of aliphatic hydroxyl groups is 1. The molecule has 1 amide bonds. The van der Waals surface area contributed by atoms with Gasteiger partial charge in [0.2, 0.25) is 0 Å². The molecule has 1 saturated heterocycles. The van der Waals surface area contributed by atoms with Gasteiger partial charge in [-0.05, 0) is 25.5 Å². The van der Waals surface area contributed by atoms with Crippen LogP contribution in [0.15, 0.2) is 18.3 Å². The molecule has 0 radical (unpaired) electrons. The number of hydrogen-bond acceptors (Lipinski definition) is 5. The van der Waals surface area contributed by atoms with Gasteiger partial charge in [0.1, 0.15) is 5.82 Å². The third kappa shape index (κ3) is 3.16. The van der Waals surface area contributed by atoms with E-state index in [2.05, 4.69) is 27.1 Å². The summed E-state index contributed by atoms with van der Waals surface area (Å²) in [7, 11) is 0. The standard InChI is InChI=1S/C18H18ClF3N4O2/c1-9-2-3-26(9)15-13(19)5-10-4-11(8-23-14(10)25-15)16(27)24-12-6-17(28,7-12)18(20,21)22/h4-5,8-9,12,28H,2-3,6-7H2,1H3,(H,24,27)/t9-,12?,17?/m0/s1. The van der Waals surface area contributed by atoms with Crippen LogP contribution in [0.1, 0.15) is 36.5 Å². The SMILES string of the molecule is C[C@H]1CCN1c1nc2ncc(C(=O)NC3CC(O)(C(F)(F)F)C3)cc2cc1Cl. The Labute approximate surface area is 163 Å². The van der Waals surface area contributed by atoms with E-state index in [1.807, 2.05) is 0 Å². The Bertz CT molecular complexity index is 946. The molecule has 28 heavy (non-hydrogen) atoms. The van der Waals surface area contributed by atoms with Gasteiger partial charge in [-0.1, -0.05) is 11.6 Å². The second-order valence-corrected chi connectivity index (χ2v) is 7.91. The molecule has 3 heterocycles. The number of fused-ring (bicyclic) bond motifs is 1. The minimum Gasteiger partial charge on any atom is -0.380 e. The number of rotatable bonds is 3. The number of amides is 1. The van der Waals surface area contributed by atoms with E-state index in [1.54, 1.807) is 12.1 Å². The molecule has 2 fully saturated rings. The van der Waals surface area contributed by atoms with Crippen LogP contribution in [0.25, 0.3) is 11.0 Å². The predicted molar refractivity (Wildman–Crippen MR) is 97.5 cm³/mol. The lowest BCUT2D eigenvalue weighted by atomic mass is 9.75. The summed E-state index contributed by atoms with van der Waals surface area (Å²) in [6.07, 6.45) is -3.43. The molecule has 150 valence electrons. The van der Waals surface area contributed by atoms with Crippen LogP contribution in [0.4, 0.5) is 19.0 Å². The van der Waals surface area contributed by atoms with Crippen LogP contribution in [0.5, 0.6) is 0 Å². The number of halogens is 4. The van der Waals surface area contributed by atoms with Crippen molar-refractivity contribution in [3.8, 4) is 0 Å². The van der Waals surface area contributed by atoms with Crippen LogP contribution in [-0.2, 0) is 0 Å². The van der Waals surface area contributed by atoms with Gasteiger partial charge in [0.05, 0.1) is 10.6 Å². The van der Waals surface area contributed by atoms with Crippen molar-refractivity contribution in [3.63, 3.8) is 0 Å². The molecule has 1 saturated carbocycles. The number of carbonyl (C=O) groups excluding carboxylic acids is 1. The molecule has 2 aromatic heterocycles. The normalized spacial score (nSPS) is 27.3. The number of nitrogens with zero attached hydrogens (tertiary/aromatic N) is 3. The molecule has 2 N–H and O–H groups in total. The second-order valence-electron chi connectivity index (χ2n) is 7.50. The van der Waals surface area contributed by atoms with E-state index < -0.39 is 36.6 Å². The van der Waals surface area contributed by atoms with Gasteiger partial charge in [-0.25, -0.2) is 9.97 Å². The molecule has 0 bridgehead atoms. The average molecular weight is 415 g/mol. The Morgan fingerprint density at radius 1 is 1.39 bits per heavy atom. The van der Waals surface area contributed by atoms with Gasteiger partial charge < -0.3 is 15.3 Å². The number of alkyl halides is 3. The molecule has 0 aromatic carbocycles. The highest BCUT2D eigenvalue weighted by Crippen LogP contribution is 2.45. The van der Waals surface area contributed by atoms with Gasteiger partial charge in [-0.15, -0.1) is 0 Å². The average Bonchev–Trinajstić information content (AvgIpc) is 2.58. The lowest BCUT2D eigenvalue weighted by Gasteiger charge is -2.44. The largest absolute Gasteiger partial charge is 0.417 e. The zero-order valence-corrected chi connectivity index (χ0v) is 15.7. The maximum absolute atomic E-state index is 12.7. The van der Waals surface area contributed by atoms with Crippen LogP contribution >= 0.6 is 11.6 Å². The van der Waals surface area contributed by atoms with Crippen LogP contribution in [0, 0.1) is 0 Å². The first-order valence-electron chi connectivity index (χ1n) is 8.90. The summed E-state index contributed by atoms with van der Waals surface area (Å²) in [5.41, 5.74) is -2.10. The van der Waals surface area contributed by atoms with E-state index in [0.29, 0.717) is 27.9 Å². The molecule has 0 spiro atoms. The van der Waals surface area contributed by atoms with Crippen LogP contribution in [0.2, 0.25) is 5.02 Å². The minimum atomic E-state index is -4.70. The van der Waals surface area contributed by atoms with Gasteiger partial charge in [0.15, 0.2) is 11.2 Å². The Morgan fingerprint density at radius 3 is 2.68 bits per heavy atom. The summed E-state index contributed by atoms with van der Waals surface area (Å²) in [4.78, 5) is 23.1. The van der Waals surface area contributed by atoms with E-state index in [-0.39, 0.29) is 5.56 Å². The predicted octanol–water partition coefficient (Wildman–Crippen LogP) is 3.07. The molecule has 2 aliphatic rings. The maximum Gasteiger partial charge on any atom is 0.417 e. The highest BCUT2D eigenvalue weighted by Gasteiger charge is 2.61. The van der Waals surface area contributed by atoms with E-state index in [4.69, 9.17) is 11.6 Å². The molecule has 0 unspecified atom stereocenters. The maximum atomic E-state index is 12.7. The van der Waals surface area contributed by atoms with E-state index in [0.717, 1.165) is 13.0 Å². The molecule has 4 rings (SSSR count). The third-order valence-electron chi connectivity index (χ3n) is 5.49. The highest BCUT2D eigenvalue weighted by molar-refractivity contribution is 6.33. The second kappa shape index (κ2) is 6.45. The Morgan fingerprint density at radius 2 is 2.11 bits per heavy atom. The van der Waals surface area contributed by atoms with Gasteiger partial charge in [0.25, 0.3) is 5.91 Å². The Kier molecular flexibility index (Phi) is 4.42. The molecule has 1 aliphatic heterocycles. The summed E-state index contributed by atoms with van der Waals surface area (Å²) >= 11 is 6.33. The van der Waals surface area contributed by atoms with Gasteiger partial charge in [0, 0.05) is 43.1 Å². The number of aromatic nitrogens is 2. The zero-order chi connectivity index (χ0) is 20.3. The summed E-state index contributed by atoms with van der Waals surface area (Å²) in [6.45, 7) is 2.94. The van der Waals surface area contributed by atoms with Crippen molar-refractivity contribution in [3.05, 3.63) is 28.9 Å². The van der Waals surface area contributed by atoms with Crippen molar-refractivity contribution < 1.29 is 23.1 Å². The van der Waals surface area contributed by atoms with E-state index >= 15 is 0 Å². The first-order chi connectivity index (χ1) is 13.1. The Hall–Kier alpha value is -2.13. The number of hydrogen-bond donors (Lipinski definition) is 2. The number of anilines is 1.